The zero-order valence-corrected chi connectivity index (χ0v) is 13.1. The Hall–Kier alpha value is -2.51. The van der Waals surface area contributed by atoms with E-state index in [9.17, 15) is 9.59 Å². The smallest absolute Gasteiger partial charge is 0.263 e. The SMILES string of the molecule is Cc1ncc(C(=O)N[C@@H](CC(C)C)c2ncnn2C)c(=O)[nH]1. The van der Waals surface area contributed by atoms with E-state index >= 15 is 0 Å². The van der Waals surface area contributed by atoms with E-state index in [1.165, 1.54) is 12.5 Å². The van der Waals surface area contributed by atoms with Gasteiger partial charge < -0.3 is 10.3 Å². The number of aromatic amines is 1. The third-order valence-electron chi connectivity index (χ3n) is 3.24. The molecule has 2 N–H and O–H groups in total. The van der Waals surface area contributed by atoms with Gasteiger partial charge in [-0.05, 0) is 19.3 Å². The zero-order valence-electron chi connectivity index (χ0n) is 13.1. The van der Waals surface area contributed by atoms with Crippen LogP contribution in [0.5, 0.6) is 0 Å². The molecular weight excluding hydrogens is 284 g/mol. The van der Waals surface area contributed by atoms with Crippen LogP contribution in [-0.4, -0.2) is 30.6 Å². The molecule has 118 valence electrons. The predicted octanol–water partition coefficient (Wildman–Crippen LogP) is 0.724. The average Bonchev–Trinajstić information content (AvgIpc) is 2.83. The Morgan fingerprint density at radius 3 is 2.68 bits per heavy atom. The highest BCUT2D eigenvalue weighted by Gasteiger charge is 2.22. The molecule has 2 heterocycles. The molecule has 2 aromatic heterocycles. The summed E-state index contributed by atoms with van der Waals surface area (Å²) in [6.07, 6.45) is 3.41. The second-order valence-corrected chi connectivity index (χ2v) is 5.61. The maximum absolute atomic E-state index is 12.3. The lowest BCUT2D eigenvalue weighted by atomic mass is 10.0. The van der Waals surface area contributed by atoms with Crippen LogP contribution in [0, 0.1) is 12.8 Å². The molecule has 0 aliphatic carbocycles. The molecule has 2 rings (SSSR count). The van der Waals surface area contributed by atoms with Gasteiger partial charge in [-0.25, -0.2) is 9.97 Å². The normalized spacial score (nSPS) is 12.4. The number of rotatable bonds is 5. The summed E-state index contributed by atoms with van der Waals surface area (Å²) in [5.41, 5.74) is -0.465. The molecule has 0 aliphatic heterocycles. The zero-order chi connectivity index (χ0) is 16.3. The quantitative estimate of drug-likeness (QED) is 0.847. The van der Waals surface area contributed by atoms with E-state index in [1.807, 2.05) is 0 Å². The molecule has 0 bridgehead atoms. The van der Waals surface area contributed by atoms with Crippen LogP contribution in [0.3, 0.4) is 0 Å². The van der Waals surface area contributed by atoms with E-state index < -0.39 is 11.5 Å². The van der Waals surface area contributed by atoms with Crippen molar-refractivity contribution in [3.63, 3.8) is 0 Å². The second-order valence-electron chi connectivity index (χ2n) is 5.61. The van der Waals surface area contributed by atoms with E-state index in [-0.39, 0.29) is 11.6 Å². The predicted molar refractivity (Wildman–Crippen MR) is 80.3 cm³/mol. The van der Waals surface area contributed by atoms with Gasteiger partial charge in [0.1, 0.15) is 23.5 Å². The van der Waals surface area contributed by atoms with E-state index in [2.05, 4.69) is 39.2 Å². The minimum atomic E-state index is -0.470. The van der Waals surface area contributed by atoms with Gasteiger partial charge in [-0.1, -0.05) is 13.8 Å². The lowest BCUT2D eigenvalue weighted by molar-refractivity contribution is 0.0927. The average molecular weight is 304 g/mol. The Bertz CT molecular complexity index is 718. The molecule has 22 heavy (non-hydrogen) atoms. The van der Waals surface area contributed by atoms with E-state index in [4.69, 9.17) is 0 Å². The molecule has 0 saturated heterocycles. The highest BCUT2D eigenvalue weighted by atomic mass is 16.2. The Morgan fingerprint density at radius 2 is 2.14 bits per heavy atom. The molecule has 0 fully saturated rings. The summed E-state index contributed by atoms with van der Waals surface area (Å²) in [4.78, 5) is 34.9. The van der Waals surface area contributed by atoms with Crippen LogP contribution in [0.2, 0.25) is 0 Å². The maximum Gasteiger partial charge on any atom is 0.263 e. The molecular formula is C14H20N6O2. The first-order valence-electron chi connectivity index (χ1n) is 7.09. The van der Waals surface area contributed by atoms with E-state index in [0.717, 1.165) is 0 Å². The van der Waals surface area contributed by atoms with Crippen LogP contribution in [0.1, 0.15) is 48.3 Å². The number of amides is 1. The van der Waals surface area contributed by atoms with Gasteiger partial charge in [-0.2, -0.15) is 5.10 Å². The topological polar surface area (TPSA) is 106 Å². The first-order chi connectivity index (χ1) is 10.4. The molecule has 0 aliphatic rings. The molecule has 0 aromatic carbocycles. The number of aromatic nitrogens is 5. The minimum absolute atomic E-state index is 0.0125. The largest absolute Gasteiger partial charge is 0.342 e. The standard InChI is InChI=1S/C14H20N6O2/c1-8(2)5-11(12-16-7-17-20(12)4)19-14(22)10-6-15-9(3)18-13(10)21/h6-8,11H,5H2,1-4H3,(H,19,22)(H,15,18,21)/t11-/m0/s1. The Balaban J connectivity index is 2.25. The van der Waals surface area contributed by atoms with Crippen molar-refractivity contribution >= 4 is 5.91 Å². The fourth-order valence-corrected chi connectivity index (χ4v) is 2.20. The fraction of sp³-hybridized carbons (Fsp3) is 0.500. The Labute approximate surface area is 128 Å². The third kappa shape index (κ3) is 3.57. The van der Waals surface area contributed by atoms with Gasteiger partial charge in [-0.3, -0.25) is 14.3 Å². The van der Waals surface area contributed by atoms with Crippen LogP contribution in [0.4, 0.5) is 0 Å². The molecule has 0 unspecified atom stereocenters. The van der Waals surface area contributed by atoms with Gasteiger partial charge in [0.2, 0.25) is 0 Å². The number of hydrogen-bond acceptors (Lipinski definition) is 5. The van der Waals surface area contributed by atoms with Crippen molar-refractivity contribution in [2.24, 2.45) is 13.0 Å². The molecule has 2 aromatic rings. The van der Waals surface area contributed by atoms with Crippen molar-refractivity contribution < 1.29 is 4.79 Å². The van der Waals surface area contributed by atoms with Gasteiger partial charge >= 0.3 is 0 Å². The fourth-order valence-electron chi connectivity index (χ4n) is 2.20. The summed E-state index contributed by atoms with van der Waals surface area (Å²) in [5.74, 6) is 0.992. The number of aryl methyl sites for hydroxylation is 2. The summed E-state index contributed by atoms with van der Waals surface area (Å²) >= 11 is 0. The van der Waals surface area contributed by atoms with Crippen molar-refractivity contribution in [1.29, 1.82) is 0 Å². The highest BCUT2D eigenvalue weighted by Crippen LogP contribution is 2.19. The molecule has 0 spiro atoms. The number of carbonyl (C=O) groups is 1. The van der Waals surface area contributed by atoms with Crippen LogP contribution in [0.25, 0.3) is 0 Å². The number of H-pyrrole nitrogens is 1. The molecule has 8 heteroatoms. The van der Waals surface area contributed by atoms with Gasteiger partial charge in [0.15, 0.2) is 0 Å². The molecule has 1 atom stereocenters. The molecule has 1 amide bonds. The van der Waals surface area contributed by atoms with Crippen LogP contribution in [-0.2, 0) is 7.05 Å². The lowest BCUT2D eigenvalue weighted by Gasteiger charge is -2.19. The molecule has 0 radical (unpaired) electrons. The van der Waals surface area contributed by atoms with Crippen LogP contribution >= 0.6 is 0 Å². The monoisotopic (exact) mass is 304 g/mol. The summed E-state index contributed by atoms with van der Waals surface area (Å²) in [7, 11) is 1.77. The summed E-state index contributed by atoms with van der Waals surface area (Å²) in [5, 5.41) is 6.87. The second kappa shape index (κ2) is 6.50. The number of nitrogens with one attached hydrogen (secondary N) is 2. The van der Waals surface area contributed by atoms with Crippen molar-refractivity contribution in [2.45, 2.75) is 33.2 Å². The molecule has 8 nitrogen and oxygen atoms in total. The van der Waals surface area contributed by atoms with Gasteiger partial charge in [0.25, 0.3) is 11.5 Å². The first-order valence-corrected chi connectivity index (χ1v) is 7.09. The summed E-state index contributed by atoms with van der Waals surface area (Å²) in [6.45, 7) is 5.76. The van der Waals surface area contributed by atoms with Crippen molar-refractivity contribution in [3.8, 4) is 0 Å². The Kier molecular flexibility index (Phi) is 4.69. The number of hydrogen-bond donors (Lipinski definition) is 2. The molecule has 0 saturated carbocycles. The van der Waals surface area contributed by atoms with Crippen molar-refractivity contribution in [1.82, 2.24) is 30.0 Å². The Morgan fingerprint density at radius 1 is 1.41 bits per heavy atom. The minimum Gasteiger partial charge on any atom is -0.342 e. The van der Waals surface area contributed by atoms with Crippen LogP contribution in [0.15, 0.2) is 17.3 Å². The van der Waals surface area contributed by atoms with Crippen molar-refractivity contribution in [3.05, 3.63) is 40.1 Å². The van der Waals surface area contributed by atoms with E-state index in [1.54, 1.807) is 18.7 Å². The maximum atomic E-state index is 12.3. The van der Waals surface area contributed by atoms with E-state index in [0.29, 0.717) is 24.0 Å². The van der Waals surface area contributed by atoms with Crippen LogP contribution < -0.4 is 10.9 Å². The highest BCUT2D eigenvalue weighted by molar-refractivity contribution is 5.93. The first kappa shape index (κ1) is 15.9. The number of nitrogens with zero attached hydrogens (tertiary/aromatic N) is 4. The summed E-state index contributed by atoms with van der Waals surface area (Å²) < 4.78 is 1.62. The van der Waals surface area contributed by atoms with Gasteiger partial charge in [0.05, 0.1) is 6.04 Å². The van der Waals surface area contributed by atoms with Gasteiger partial charge in [0, 0.05) is 13.2 Å². The lowest BCUT2D eigenvalue weighted by Crippen LogP contribution is -2.35. The van der Waals surface area contributed by atoms with Crippen molar-refractivity contribution in [2.75, 3.05) is 0 Å². The number of carbonyl (C=O) groups excluding carboxylic acids is 1. The van der Waals surface area contributed by atoms with Gasteiger partial charge in [-0.15, -0.1) is 0 Å². The third-order valence-corrected chi connectivity index (χ3v) is 3.24. The summed E-state index contributed by atoms with van der Waals surface area (Å²) in [6, 6.07) is -0.319.